The lowest BCUT2D eigenvalue weighted by molar-refractivity contribution is -0.0499. The van der Waals surface area contributed by atoms with E-state index in [1.54, 1.807) is 17.0 Å². The minimum atomic E-state index is -2.88. The molecule has 6 heteroatoms. The van der Waals surface area contributed by atoms with Crippen LogP contribution in [0.2, 0.25) is 0 Å². The van der Waals surface area contributed by atoms with Crippen LogP contribution in [0.25, 0.3) is 0 Å². The fraction of sp³-hybridized carbons (Fsp3) is 0.462. The number of carbonyl (C=O) groups excluding carboxylic acids is 1. The van der Waals surface area contributed by atoms with Gasteiger partial charge >= 0.3 is 6.61 Å². The molecule has 19 heavy (non-hydrogen) atoms. The van der Waals surface area contributed by atoms with Crippen LogP contribution in [0.3, 0.4) is 0 Å². The predicted molar refractivity (Wildman–Crippen MR) is 66.5 cm³/mol. The van der Waals surface area contributed by atoms with Gasteiger partial charge in [-0.2, -0.15) is 8.78 Å². The van der Waals surface area contributed by atoms with Crippen molar-refractivity contribution in [3.63, 3.8) is 0 Å². The SMILES string of the molecule is CN1CCN(C(=O)c2cccc(OC(F)F)c2)CC1. The Morgan fingerprint density at radius 1 is 1.26 bits per heavy atom. The summed E-state index contributed by atoms with van der Waals surface area (Å²) in [5, 5.41) is 0. The first-order chi connectivity index (χ1) is 9.06. The van der Waals surface area contributed by atoms with Crippen molar-refractivity contribution in [3.05, 3.63) is 29.8 Å². The molecule has 1 heterocycles. The largest absolute Gasteiger partial charge is 0.435 e. The molecule has 2 rings (SSSR count). The van der Waals surface area contributed by atoms with Gasteiger partial charge in [0.05, 0.1) is 0 Å². The Kier molecular flexibility index (Phi) is 4.31. The minimum Gasteiger partial charge on any atom is -0.435 e. The molecule has 0 unspecified atom stereocenters. The first kappa shape index (κ1) is 13.7. The van der Waals surface area contributed by atoms with Crippen LogP contribution in [0.5, 0.6) is 5.75 Å². The van der Waals surface area contributed by atoms with Crippen LogP contribution in [-0.4, -0.2) is 55.5 Å². The normalized spacial score (nSPS) is 16.7. The van der Waals surface area contributed by atoms with Gasteiger partial charge in [-0.1, -0.05) is 6.07 Å². The van der Waals surface area contributed by atoms with E-state index in [9.17, 15) is 13.6 Å². The fourth-order valence-corrected chi connectivity index (χ4v) is 2.00. The highest BCUT2D eigenvalue weighted by molar-refractivity contribution is 5.94. The molecule has 0 bridgehead atoms. The molecule has 0 atom stereocenters. The summed E-state index contributed by atoms with van der Waals surface area (Å²) < 4.78 is 28.6. The highest BCUT2D eigenvalue weighted by Gasteiger charge is 2.20. The molecule has 1 aliphatic rings. The van der Waals surface area contributed by atoms with Gasteiger partial charge in [-0.3, -0.25) is 4.79 Å². The van der Waals surface area contributed by atoms with Gasteiger partial charge in [-0.25, -0.2) is 0 Å². The van der Waals surface area contributed by atoms with Crippen molar-refractivity contribution in [1.29, 1.82) is 0 Å². The standard InChI is InChI=1S/C13H16F2N2O2/c1-16-5-7-17(8-6-16)12(18)10-3-2-4-11(9-10)19-13(14)15/h2-4,9,13H,5-8H2,1H3. The smallest absolute Gasteiger partial charge is 0.387 e. The van der Waals surface area contributed by atoms with Gasteiger partial charge in [-0.05, 0) is 25.2 Å². The van der Waals surface area contributed by atoms with Gasteiger partial charge in [0.15, 0.2) is 0 Å². The van der Waals surface area contributed by atoms with E-state index in [2.05, 4.69) is 9.64 Å². The molecule has 1 aromatic rings. The number of likely N-dealkylation sites (N-methyl/N-ethyl adjacent to an activating group) is 1. The number of ether oxygens (including phenoxy) is 1. The summed E-state index contributed by atoms with van der Waals surface area (Å²) >= 11 is 0. The molecule has 1 aliphatic heterocycles. The summed E-state index contributed by atoms with van der Waals surface area (Å²) in [5.41, 5.74) is 0.378. The molecule has 1 fully saturated rings. The van der Waals surface area contributed by atoms with E-state index in [-0.39, 0.29) is 11.7 Å². The predicted octanol–water partition coefficient (Wildman–Crippen LogP) is 1.68. The summed E-state index contributed by atoms with van der Waals surface area (Å²) in [6.07, 6.45) is 0. The highest BCUT2D eigenvalue weighted by atomic mass is 19.3. The van der Waals surface area contributed by atoms with Crippen molar-refractivity contribution < 1.29 is 18.3 Å². The third-order valence-electron chi connectivity index (χ3n) is 3.10. The zero-order chi connectivity index (χ0) is 13.8. The van der Waals surface area contributed by atoms with E-state index in [0.717, 1.165) is 13.1 Å². The van der Waals surface area contributed by atoms with Crippen LogP contribution in [-0.2, 0) is 0 Å². The van der Waals surface area contributed by atoms with Crippen molar-refractivity contribution in [3.8, 4) is 5.75 Å². The van der Waals surface area contributed by atoms with Crippen LogP contribution >= 0.6 is 0 Å². The van der Waals surface area contributed by atoms with Gasteiger partial charge in [0, 0.05) is 31.7 Å². The van der Waals surface area contributed by atoms with Crippen molar-refractivity contribution in [1.82, 2.24) is 9.80 Å². The van der Waals surface area contributed by atoms with E-state index in [1.165, 1.54) is 12.1 Å². The molecule has 0 aromatic heterocycles. The van der Waals surface area contributed by atoms with Crippen LogP contribution in [0, 0.1) is 0 Å². The highest BCUT2D eigenvalue weighted by Crippen LogP contribution is 2.17. The molecule has 0 radical (unpaired) electrons. The summed E-state index contributed by atoms with van der Waals surface area (Å²) in [6.45, 7) is 0.0524. The number of carbonyl (C=O) groups is 1. The maximum Gasteiger partial charge on any atom is 0.387 e. The third-order valence-corrected chi connectivity index (χ3v) is 3.10. The van der Waals surface area contributed by atoms with Gasteiger partial charge in [0.25, 0.3) is 5.91 Å². The molecule has 0 N–H and O–H groups in total. The van der Waals surface area contributed by atoms with Crippen molar-refractivity contribution in [2.24, 2.45) is 0 Å². The zero-order valence-corrected chi connectivity index (χ0v) is 10.7. The lowest BCUT2D eigenvalue weighted by Crippen LogP contribution is -2.47. The number of benzene rings is 1. The molecule has 0 saturated carbocycles. The minimum absolute atomic E-state index is 0.00924. The molecule has 0 spiro atoms. The zero-order valence-electron chi connectivity index (χ0n) is 10.7. The Bertz CT molecular complexity index is 446. The first-order valence-electron chi connectivity index (χ1n) is 6.09. The number of halogens is 2. The summed E-state index contributed by atoms with van der Waals surface area (Å²) in [7, 11) is 2.00. The third kappa shape index (κ3) is 3.64. The van der Waals surface area contributed by atoms with E-state index >= 15 is 0 Å². The van der Waals surface area contributed by atoms with Gasteiger partial charge in [0.2, 0.25) is 0 Å². The summed E-state index contributed by atoms with van der Waals surface area (Å²) in [4.78, 5) is 16.1. The fourth-order valence-electron chi connectivity index (χ4n) is 2.00. The molecule has 1 amide bonds. The lowest BCUT2D eigenvalue weighted by atomic mass is 10.1. The van der Waals surface area contributed by atoms with E-state index in [0.29, 0.717) is 18.7 Å². The Hall–Kier alpha value is -1.69. The second-order valence-electron chi connectivity index (χ2n) is 4.50. The van der Waals surface area contributed by atoms with Gasteiger partial charge in [0.1, 0.15) is 5.75 Å². The monoisotopic (exact) mass is 270 g/mol. The van der Waals surface area contributed by atoms with Crippen molar-refractivity contribution in [2.45, 2.75) is 6.61 Å². The van der Waals surface area contributed by atoms with Crippen molar-refractivity contribution in [2.75, 3.05) is 33.2 Å². The average molecular weight is 270 g/mol. The topological polar surface area (TPSA) is 32.8 Å². The molecule has 4 nitrogen and oxygen atoms in total. The summed E-state index contributed by atoms with van der Waals surface area (Å²) in [5.74, 6) is -0.136. The Morgan fingerprint density at radius 2 is 1.95 bits per heavy atom. The first-order valence-corrected chi connectivity index (χ1v) is 6.09. The molecule has 104 valence electrons. The van der Waals surface area contributed by atoms with Crippen LogP contribution < -0.4 is 4.74 Å². The Balaban J connectivity index is 2.06. The molecule has 1 saturated heterocycles. The lowest BCUT2D eigenvalue weighted by Gasteiger charge is -2.32. The second kappa shape index (κ2) is 5.97. The number of nitrogens with zero attached hydrogens (tertiary/aromatic N) is 2. The molecular formula is C13H16F2N2O2. The number of hydrogen-bond acceptors (Lipinski definition) is 3. The number of alkyl halides is 2. The van der Waals surface area contributed by atoms with Gasteiger partial charge < -0.3 is 14.5 Å². The maximum atomic E-state index is 12.2. The van der Waals surface area contributed by atoms with Crippen LogP contribution in [0.4, 0.5) is 8.78 Å². The van der Waals surface area contributed by atoms with Crippen molar-refractivity contribution >= 4 is 5.91 Å². The number of piperazine rings is 1. The average Bonchev–Trinajstić information content (AvgIpc) is 2.38. The number of hydrogen-bond donors (Lipinski definition) is 0. The molecular weight excluding hydrogens is 254 g/mol. The number of rotatable bonds is 3. The Morgan fingerprint density at radius 3 is 2.58 bits per heavy atom. The second-order valence-corrected chi connectivity index (χ2v) is 4.50. The maximum absolute atomic E-state index is 12.2. The van der Waals surface area contributed by atoms with Crippen LogP contribution in [0.15, 0.2) is 24.3 Å². The van der Waals surface area contributed by atoms with Gasteiger partial charge in [-0.15, -0.1) is 0 Å². The van der Waals surface area contributed by atoms with Crippen LogP contribution in [0.1, 0.15) is 10.4 Å². The Labute approximate surface area is 110 Å². The molecule has 1 aromatic carbocycles. The van der Waals surface area contributed by atoms with E-state index in [4.69, 9.17) is 0 Å². The quantitative estimate of drug-likeness (QED) is 0.837. The number of amides is 1. The summed E-state index contributed by atoms with van der Waals surface area (Å²) in [6, 6.07) is 5.92. The molecule has 0 aliphatic carbocycles. The van der Waals surface area contributed by atoms with E-state index in [1.807, 2.05) is 7.05 Å². The van der Waals surface area contributed by atoms with E-state index < -0.39 is 6.61 Å².